The van der Waals surface area contributed by atoms with E-state index in [-0.39, 0.29) is 5.56 Å². The number of rotatable bonds is 6. The number of benzene rings is 1. The van der Waals surface area contributed by atoms with Crippen LogP contribution in [0.4, 0.5) is 24.5 Å². The Morgan fingerprint density at radius 2 is 1.82 bits per heavy atom. The minimum absolute atomic E-state index is 0.253. The molecule has 0 amide bonds. The highest BCUT2D eigenvalue weighted by atomic mass is 19.4. The Morgan fingerprint density at radius 3 is 2.55 bits per heavy atom. The van der Waals surface area contributed by atoms with Crippen LogP contribution in [0.3, 0.4) is 0 Å². The smallest absolute Gasteiger partial charge is 0.369 e. The van der Waals surface area contributed by atoms with Gasteiger partial charge in [-0.3, -0.25) is 9.97 Å². The van der Waals surface area contributed by atoms with Crippen LogP contribution in [0.15, 0.2) is 67.9 Å². The van der Waals surface area contributed by atoms with Gasteiger partial charge in [-0.05, 0) is 49.6 Å². The topological polar surface area (TPSA) is 71.8 Å². The molecule has 4 heterocycles. The fourth-order valence-electron chi connectivity index (χ4n) is 5.13. The number of aryl methyl sites for hydroxylation is 1. The third kappa shape index (κ3) is 4.51. The van der Waals surface area contributed by atoms with E-state index in [9.17, 15) is 13.2 Å². The summed E-state index contributed by atoms with van der Waals surface area (Å²) in [6, 6.07) is 8.71. The van der Waals surface area contributed by atoms with Crippen molar-refractivity contribution in [1.29, 1.82) is 0 Å². The largest absolute Gasteiger partial charge is 0.417 e. The molecule has 1 aliphatic heterocycles. The second-order valence-corrected chi connectivity index (χ2v) is 10.3. The number of halogens is 3. The van der Waals surface area contributed by atoms with Crippen LogP contribution in [0.1, 0.15) is 36.0 Å². The van der Waals surface area contributed by atoms with Gasteiger partial charge < -0.3 is 10.2 Å². The van der Waals surface area contributed by atoms with E-state index in [0.29, 0.717) is 22.5 Å². The van der Waals surface area contributed by atoms with Gasteiger partial charge in [-0.15, -0.1) is 5.10 Å². The predicted molar refractivity (Wildman–Crippen MR) is 140 cm³/mol. The maximum atomic E-state index is 13.1. The number of nitrogens with zero attached hydrogens (tertiary/aromatic N) is 6. The van der Waals surface area contributed by atoms with Crippen molar-refractivity contribution in [2.24, 2.45) is 5.41 Å². The molecule has 1 spiro atoms. The van der Waals surface area contributed by atoms with Gasteiger partial charge >= 0.3 is 6.18 Å². The van der Waals surface area contributed by atoms with Crippen molar-refractivity contribution in [2.75, 3.05) is 23.3 Å². The van der Waals surface area contributed by atoms with E-state index in [1.165, 1.54) is 25.5 Å². The molecule has 1 saturated heterocycles. The van der Waals surface area contributed by atoms with Crippen molar-refractivity contribution >= 4 is 17.1 Å². The zero-order valence-corrected chi connectivity index (χ0v) is 20.8. The fraction of sp³-hybridized carbons (Fsp3) is 0.286. The van der Waals surface area contributed by atoms with Crippen LogP contribution in [-0.4, -0.2) is 38.1 Å². The monoisotopic (exact) mass is 517 g/mol. The average Bonchev–Trinajstić information content (AvgIpc) is 3.33. The molecule has 38 heavy (non-hydrogen) atoms. The van der Waals surface area contributed by atoms with Gasteiger partial charge in [-0.2, -0.15) is 13.2 Å². The maximum Gasteiger partial charge on any atom is 0.417 e. The fourth-order valence-corrected chi connectivity index (χ4v) is 5.13. The zero-order valence-electron chi connectivity index (χ0n) is 20.8. The third-order valence-corrected chi connectivity index (χ3v) is 7.51. The maximum absolute atomic E-state index is 13.1. The van der Waals surface area contributed by atoms with E-state index in [0.717, 1.165) is 47.9 Å². The van der Waals surface area contributed by atoms with Gasteiger partial charge in [-0.1, -0.05) is 24.3 Å². The summed E-state index contributed by atoms with van der Waals surface area (Å²) in [5, 5.41) is 11.8. The second-order valence-electron chi connectivity index (χ2n) is 10.3. The van der Waals surface area contributed by atoms with Crippen molar-refractivity contribution in [1.82, 2.24) is 25.0 Å². The van der Waals surface area contributed by atoms with E-state index in [1.807, 2.05) is 37.5 Å². The van der Waals surface area contributed by atoms with Crippen LogP contribution in [-0.2, 0) is 6.18 Å². The van der Waals surface area contributed by atoms with E-state index < -0.39 is 11.7 Å². The lowest BCUT2D eigenvalue weighted by Gasteiger charge is -2.56. The van der Waals surface area contributed by atoms with Gasteiger partial charge in [-0.25, -0.2) is 4.68 Å². The molecule has 2 aliphatic rings. The molecule has 3 aromatic heterocycles. The first-order chi connectivity index (χ1) is 18.2. The number of hydrogen-bond donors (Lipinski definition) is 1. The van der Waals surface area contributed by atoms with Gasteiger partial charge in [0.1, 0.15) is 5.69 Å². The summed E-state index contributed by atoms with van der Waals surface area (Å²) >= 11 is 0. The molecule has 1 aromatic carbocycles. The van der Waals surface area contributed by atoms with Crippen molar-refractivity contribution in [3.05, 3.63) is 84.6 Å². The van der Waals surface area contributed by atoms with Crippen LogP contribution >= 0.6 is 0 Å². The van der Waals surface area contributed by atoms with Crippen molar-refractivity contribution in [2.45, 2.75) is 32.4 Å². The normalized spacial score (nSPS) is 16.2. The van der Waals surface area contributed by atoms with Crippen molar-refractivity contribution < 1.29 is 13.2 Å². The average molecular weight is 518 g/mol. The Balaban J connectivity index is 1.20. The van der Waals surface area contributed by atoms with Gasteiger partial charge in [0.25, 0.3) is 0 Å². The highest BCUT2D eigenvalue weighted by molar-refractivity contribution is 5.76. The van der Waals surface area contributed by atoms with Gasteiger partial charge in [0, 0.05) is 59.6 Å². The number of pyridine rings is 2. The Labute approximate surface area is 218 Å². The van der Waals surface area contributed by atoms with Crippen LogP contribution in [0, 0.1) is 12.3 Å². The Bertz CT molecular complexity index is 1510. The molecule has 0 unspecified atom stereocenters. The van der Waals surface area contributed by atoms with Gasteiger partial charge in [0.05, 0.1) is 29.3 Å². The molecular formula is C28H26F3N7. The summed E-state index contributed by atoms with van der Waals surface area (Å²) in [5.41, 5.74) is 5.33. The van der Waals surface area contributed by atoms with Crippen LogP contribution in [0.5, 0.6) is 0 Å². The molecule has 194 valence electrons. The predicted octanol–water partition coefficient (Wildman–Crippen LogP) is 6.12. The molecule has 1 N–H and O–H groups in total. The lowest BCUT2D eigenvalue weighted by molar-refractivity contribution is -0.137. The number of anilines is 2. The molecule has 7 nitrogen and oxygen atoms in total. The number of aromatic nitrogens is 5. The Kier molecular flexibility index (Phi) is 5.70. The zero-order chi connectivity index (χ0) is 26.5. The SMILES string of the molecule is C=C(Nc1ccc(C)c(-n2cc(-c3cncc(N4CC5(CCC5)C4)c3)nn2)c1)c1cncc(C(F)(F)F)c1. The summed E-state index contributed by atoms with van der Waals surface area (Å²) < 4.78 is 40.9. The molecule has 0 radical (unpaired) electrons. The van der Waals surface area contributed by atoms with E-state index in [1.54, 1.807) is 10.9 Å². The second kappa shape index (κ2) is 8.97. The molecule has 1 saturated carbocycles. The van der Waals surface area contributed by atoms with Crippen molar-refractivity contribution in [3.63, 3.8) is 0 Å². The first-order valence-electron chi connectivity index (χ1n) is 12.4. The minimum Gasteiger partial charge on any atom is -0.369 e. The molecule has 4 aromatic rings. The van der Waals surface area contributed by atoms with Crippen LogP contribution in [0.25, 0.3) is 22.6 Å². The summed E-state index contributed by atoms with van der Waals surface area (Å²) in [6.45, 7) is 8.03. The standard InChI is InChI=1S/C28H26F3N7/c1-18-4-5-23(34-19(2)20-8-22(13-32-11-20)28(29,30)31)10-26(18)38-15-25(35-36-38)21-9-24(14-33-12-21)37-16-27(17-37)6-3-7-27/h4-5,8-15,34H,2-3,6-7,16-17H2,1H3. The summed E-state index contributed by atoms with van der Waals surface area (Å²) in [7, 11) is 0. The lowest BCUT2D eigenvalue weighted by Crippen LogP contribution is -2.59. The highest BCUT2D eigenvalue weighted by Gasteiger charge is 2.47. The minimum atomic E-state index is -4.48. The number of hydrogen-bond acceptors (Lipinski definition) is 6. The molecular weight excluding hydrogens is 491 g/mol. The first-order valence-corrected chi connectivity index (χ1v) is 12.4. The van der Waals surface area contributed by atoms with E-state index >= 15 is 0 Å². The summed E-state index contributed by atoms with van der Waals surface area (Å²) in [6.07, 6.45) is 7.17. The molecule has 1 aliphatic carbocycles. The molecule has 0 bridgehead atoms. The molecule has 6 rings (SSSR count). The lowest BCUT2D eigenvalue weighted by atomic mass is 9.63. The van der Waals surface area contributed by atoms with Crippen LogP contribution < -0.4 is 10.2 Å². The van der Waals surface area contributed by atoms with E-state index in [4.69, 9.17) is 0 Å². The quantitative estimate of drug-likeness (QED) is 0.332. The highest BCUT2D eigenvalue weighted by Crippen LogP contribution is 2.49. The Hall–Kier alpha value is -4.21. The van der Waals surface area contributed by atoms with E-state index in [2.05, 4.69) is 43.1 Å². The third-order valence-electron chi connectivity index (χ3n) is 7.51. The first kappa shape index (κ1) is 24.1. The number of nitrogens with one attached hydrogen (secondary N) is 1. The summed E-state index contributed by atoms with van der Waals surface area (Å²) in [4.78, 5) is 10.5. The summed E-state index contributed by atoms with van der Waals surface area (Å²) in [5.74, 6) is 0. The Morgan fingerprint density at radius 1 is 1.03 bits per heavy atom. The van der Waals surface area contributed by atoms with Crippen molar-refractivity contribution in [3.8, 4) is 16.9 Å². The van der Waals surface area contributed by atoms with Crippen LogP contribution in [0.2, 0.25) is 0 Å². The molecule has 2 fully saturated rings. The molecule has 10 heteroatoms. The molecule has 0 atom stereocenters. The van der Waals surface area contributed by atoms with Gasteiger partial charge in [0.2, 0.25) is 0 Å². The number of alkyl halides is 3. The van der Waals surface area contributed by atoms with Gasteiger partial charge in [0.15, 0.2) is 0 Å².